The summed E-state index contributed by atoms with van der Waals surface area (Å²) < 4.78 is 45.9. The summed E-state index contributed by atoms with van der Waals surface area (Å²) in [7, 11) is 0. The van der Waals surface area contributed by atoms with Gasteiger partial charge in [0.15, 0.2) is 0 Å². The number of hydrogen-bond acceptors (Lipinski definition) is 4. The average Bonchev–Trinajstić information content (AvgIpc) is 1.28. The van der Waals surface area contributed by atoms with E-state index in [1.807, 2.05) is 35.6 Å². The van der Waals surface area contributed by atoms with Gasteiger partial charge in [-0.1, -0.05) is 188 Å². The van der Waals surface area contributed by atoms with Gasteiger partial charge in [-0.05, 0) is 192 Å². The van der Waals surface area contributed by atoms with Gasteiger partial charge in [-0.15, -0.1) is 11.3 Å². The molecule has 398 valence electrons. The molecule has 5 heteroatoms. The van der Waals surface area contributed by atoms with E-state index in [0.29, 0.717) is 5.56 Å². The SMILES string of the molecule is [2H]c1c([2H])c([2H])c(-c2ccc(N(c3ccccc3)c3cc4c5c(c3)N(c3ccc(C(C)(C)C)cc3)c3c(sc6ccc(C(C)(C)C)cc36)B5c3cc5c(cc3N4c3ccc4c(c3)C(C)(C)CCC4(C)C)C(C)(C)CCC5(C)C)cc2)c([2H])c1[2H]. The van der Waals surface area contributed by atoms with E-state index in [9.17, 15) is 0 Å². The summed E-state index contributed by atoms with van der Waals surface area (Å²) in [5, 5.41) is 1.26. The Balaban J connectivity index is 1.17. The van der Waals surface area contributed by atoms with Crippen LogP contribution in [0.5, 0.6) is 0 Å². The molecule has 0 saturated carbocycles. The third-order valence-corrected chi connectivity index (χ3v) is 20.0. The fraction of sp³-hybridized carbons (Fsp3) is 0.324. The first-order chi connectivity index (χ1) is 39.5. The number of nitrogens with zero attached hydrogens (tertiary/aromatic N) is 3. The predicted molar refractivity (Wildman–Crippen MR) is 344 cm³/mol. The standard InChI is InChI=1S/C74H78BN3S/c1-69(2,3)49-27-32-53(33-28-49)78-64-44-55(76(51-23-19-16-20-24-51)52-30-25-48(26-31-52)47-21-17-15-18-22-47)43-63-66(64)75(68-67(78)56-41-50(70(4,5)6)29-36-65(56)79-68)61-45-59-60(74(13,14)40-39-73(59,11)12)46-62(61)77(63)54-34-35-57-58(42-54)72(9,10)38-37-71(57,7)8/h15-36,41-46H,37-40H2,1-14H3/i15D,17D,18D,21D,22D. The summed E-state index contributed by atoms with van der Waals surface area (Å²) in [5.74, 6) is 0. The molecule has 0 N–H and O–H groups in total. The molecule has 8 aromatic carbocycles. The Morgan fingerprint density at radius 2 is 1.03 bits per heavy atom. The Kier molecular flexibility index (Phi) is 10.4. The van der Waals surface area contributed by atoms with Gasteiger partial charge < -0.3 is 14.7 Å². The van der Waals surface area contributed by atoms with E-state index >= 15 is 0 Å². The Bertz CT molecular complexity index is 4150. The largest absolute Gasteiger partial charge is 0.311 e. The number of para-hydroxylation sites is 1. The zero-order valence-electron chi connectivity index (χ0n) is 53.9. The van der Waals surface area contributed by atoms with Crippen molar-refractivity contribution < 1.29 is 6.85 Å². The number of thiophene rings is 1. The maximum absolute atomic E-state index is 8.94. The molecule has 3 heterocycles. The number of anilines is 9. The van der Waals surface area contributed by atoms with Gasteiger partial charge in [0.2, 0.25) is 0 Å². The Morgan fingerprint density at radius 1 is 0.481 bits per heavy atom. The molecule has 0 radical (unpaired) electrons. The van der Waals surface area contributed by atoms with Gasteiger partial charge in [0.05, 0.1) is 18.2 Å². The molecule has 79 heavy (non-hydrogen) atoms. The second kappa shape index (κ2) is 17.8. The van der Waals surface area contributed by atoms with Crippen molar-refractivity contribution in [3.63, 3.8) is 0 Å². The third-order valence-electron chi connectivity index (χ3n) is 18.8. The van der Waals surface area contributed by atoms with Crippen molar-refractivity contribution in [2.24, 2.45) is 0 Å². The van der Waals surface area contributed by atoms with Crippen molar-refractivity contribution >= 4 is 95.0 Å². The molecule has 0 atom stereocenters. The fourth-order valence-corrected chi connectivity index (χ4v) is 15.0. The first kappa shape index (κ1) is 46.0. The van der Waals surface area contributed by atoms with Crippen LogP contribution in [0.15, 0.2) is 170 Å². The highest BCUT2D eigenvalue weighted by atomic mass is 32.1. The van der Waals surface area contributed by atoms with Gasteiger partial charge in [-0.2, -0.15) is 0 Å². The van der Waals surface area contributed by atoms with Crippen LogP contribution in [-0.4, -0.2) is 6.71 Å². The lowest BCUT2D eigenvalue weighted by Crippen LogP contribution is -2.61. The van der Waals surface area contributed by atoms with Crippen molar-refractivity contribution in [1.82, 2.24) is 0 Å². The highest BCUT2D eigenvalue weighted by molar-refractivity contribution is 7.33. The second-order valence-electron chi connectivity index (χ2n) is 28.0. The quantitative estimate of drug-likeness (QED) is 0.154. The van der Waals surface area contributed by atoms with Crippen LogP contribution >= 0.6 is 11.3 Å². The molecular formula is C74H78BN3S. The summed E-state index contributed by atoms with van der Waals surface area (Å²) in [6.45, 7) is 33.3. The summed E-state index contributed by atoms with van der Waals surface area (Å²) in [4.78, 5) is 7.58. The highest BCUT2D eigenvalue weighted by Crippen LogP contribution is 2.55. The lowest BCUT2D eigenvalue weighted by molar-refractivity contribution is 0.332. The van der Waals surface area contributed by atoms with E-state index in [2.05, 4.69) is 227 Å². The lowest BCUT2D eigenvalue weighted by Gasteiger charge is -2.48. The highest BCUT2D eigenvalue weighted by Gasteiger charge is 2.49. The summed E-state index contributed by atoms with van der Waals surface area (Å²) in [6.07, 6.45) is 4.45. The minimum atomic E-state index is -0.400. The van der Waals surface area contributed by atoms with Gasteiger partial charge in [0.1, 0.15) is 0 Å². The van der Waals surface area contributed by atoms with Gasteiger partial charge in [-0.25, -0.2) is 0 Å². The molecule has 0 saturated heterocycles. The predicted octanol–water partition coefficient (Wildman–Crippen LogP) is 19.4. The zero-order valence-corrected chi connectivity index (χ0v) is 49.8. The molecule has 0 bridgehead atoms. The third kappa shape index (κ3) is 8.42. The Labute approximate surface area is 483 Å². The van der Waals surface area contributed by atoms with Gasteiger partial charge >= 0.3 is 0 Å². The normalized spacial score (nSPS) is 18.3. The first-order valence-electron chi connectivity index (χ1n) is 31.3. The first-order valence-corrected chi connectivity index (χ1v) is 29.6. The van der Waals surface area contributed by atoms with Crippen molar-refractivity contribution in [1.29, 1.82) is 0 Å². The van der Waals surface area contributed by atoms with Crippen molar-refractivity contribution in [2.75, 3.05) is 14.7 Å². The Morgan fingerprint density at radius 3 is 1.65 bits per heavy atom. The molecule has 0 spiro atoms. The van der Waals surface area contributed by atoms with E-state index in [0.717, 1.165) is 65.5 Å². The molecule has 9 aromatic rings. The molecule has 13 rings (SSSR count). The van der Waals surface area contributed by atoms with Crippen molar-refractivity contribution in [3.05, 3.63) is 203 Å². The van der Waals surface area contributed by atoms with Crippen LogP contribution < -0.4 is 30.4 Å². The molecule has 4 aliphatic rings. The molecule has 0 unspecified atom stereocenters. The lowest BCUT2D eigenvalue weighted by atomic mass is 9.35. The number of rotatable bonds is 6. The van der Waals surface area contributed by atoms with E-state index in [1.165, 1.54) is 70.5 Å². The van der Waals surface area contributed by atoms with Crippen LogP contribution in [0.4, 0.5) is 51.2 Å². The molecular weight excluding hydrogens is 974 g/mol. The molecule has 2 aliphatic heterocycles. The van der Waals surface area contributed by atoms with Crippen LogP contribution in [0.1, 0.15) is 163 Å². The zero-order chi connectivity index (χ0) is 59.7. The molecule has 1 aromatic heterocycles. The topological polar surface area (TPSA) is 9.72 Å². The minimum absolute atomic E-state index is 0.0315. The molecule has 2 aliphatic carbocycles. The van der Waals surface area contributed by atoms with Crippen LogP contribution in [0.25, 0.3) is 21.2 Å². The van der Waals surface area contributed by atoms with Crippen LogP contribution in [0.3, 0.4) is 0 Å². The van der Waals surface area contributed by atoms with Gasteiger partial charge in [-0.3, -0.25) is 0 Å². The Hall–Kier alpha value is -6.82. The summed E-state index contributed by atoms with van der Waals surface area (Å²) in [5.41, 5.74) is 21.2. The van der Waals surface area contributed by atoms with E-state index in [4.69, 9.17) is 6.85 Å². The van der Waals surface area contributed by atoms with E-state index in [1.54, 1.807) is 0 Å². The van der Waals surface area contributed by atoms with E-state index < -0.39 is 6.04 Å². The monoisotopic (exact) mass is 1060 g/mol. The van der Waals surface area contributed by atoms with E-state index in [-0.39, 0.29) is 68.9 Å². The molecule has 3 nitrogen and oxygen atoms in total. The maximum atomic E-state index is 8.94. The van der Waals surface area contributed by atoms with Gasteiger partial charge in [0.25, 0.3) is 6.71 Å². The van der Waals surface area contributed by atoms with Crippen LogP contribution in [0.2, 0.25) is 0 Å². The van der Waals surface area contributed by atoms with Crippen molar-refractivity contribution in [2.45, 2.75) is 155 Å². The summed E-state index contributed by atoms with van der Waals surface area (Å²) in [6, 6.07) is 51.0. The number of hydrogen-bond donors (Lipinski definition) is 0. The minimum Gasteiger partial charge on any atom is -0.311 e. The number of benzene rings is 8. The summed E-state index contributed by atoms with van der Waals surface area (Å²) >= 11 is 1.96. The smallest absolute Gasteiger partial charge is 0.264 e. The number of fused-ring (bicyclic) bond motifs is 8. The average molecular weight is 1060 g/mol. The van der Waals surface area contributed by atoms with Gasteiger partial charge in [0, 0.05) is 54.7 Å². The fourth-order valence-electron chi connectivity index (χ4n) is 13.7. The maximum Gasteiger partial charge on any atom is 0.264 e. The molecule has 0 fully saturated rings. The van der Waals surface area contributed by atoms with Crippen molar-refractivity contribution in [3.8, 4) is 11.1 Å². The second-order valence-corrected chi connectivity index (χ2v) is 29.1. The molecule has 0 amide bonds. The van der Waals surface area contributed by atoms with Crippen LogP contribution in [0, 0.1) is 0 Å². The van der Waals surface area contributed by atoms with Crippen LogP contribution in [-0.2, 0) is 32.5 Å².